The molecule has 0 radical (unpaired) electrons. The fourth-order valence-corrected chi connectivity index (χ4v) is 2.15. The Hall–Kier alpha value is -2.12. The minimum atomic E-state index is 0.656. The van der Waals surface area contributed by atoms with E-state index in [1.54, 1.807) is 6.20 Å². The minimum absolute atomic E-state index is 0.656. The van der Waals surface area contributed by atoms with Gasteiger partial charge in [0.25, 0.3) is 0 Å². The summed E-state index contributed by atoms with van der Waals surface area (Å²) in [6, 6.07) is 22.5. The van der Waals surface area contributed by atoms with E-state index in [0.29, 0.717) is 5.02 Å². The Balaban J connectivity index is 2.03. The largest absolute Gasteiger partial charge is 0.255 e. The van der Waals surface area contributed by atoms with E-state index in [9.17, 15) is 0 Å². The van der Waals surface area contributed by atoms with Gasteiger partial charge in [0, 0.05) is 11.8 Å². The first-order valence-electron chi connectivity index (χ1n) is 6.10. The highest BCUT2D eigenvalue weighted by Crippen LogP contribution is 2.25. The third-order valence-electron chi connectivity index (χ3n) is 2.99. The molecule has 92 valence electrons. The first-order chi connectivity index (χ1) is 9.33. The Bertz CT molecular complexity index is 675. The molecule has 0 N–H and O–H groups in total. The van der Waals surface area contributed by atoms with Crippen LogP contribution in [0.4, 0.5) is 0 Å². The Morgan fingerprint density at radius 3 is 2.16 bits per heavy atom. The van der Waals surface area contributed by atoms with Gasteiger partial charge in [-0.1, -0.05) is 60.1 Å². The lowest BCUT2D eigenvalue weighted by Gasteiger charge is -2.05. The molecule has 0 fully saturated rings. The zero-order valence-electron chi connectivity index (χ0n) is 10.3. The second-order valence-corrected chi connectivity index (χ2v) is 4.74. The first kappa shape index (κ1) is 11.9. The summed E-state index contributed by atoms with van der Waals surface area (Å²) in [7, 11) is 0. The highest BCUT2D eigenvalue weighted by Gasteiger charge is 2.02. The van der Waals surface area contributed by atoms with Crippen LogP contribution in [0, 0.1) is 0 Å². The highest BCUT2D eigenvalue weighted by atomic mass is 35.5. The molecule has 0 saturated heterocycles. The molecule has 1 heterocycles. The monoisotopic (exact) mass is 265 g/mol. The Morgan fingerprint density at radius 1 is 0.684 bits per heavy atom. The van der Waals surface area contributed by atoms with Crippen molar-refractivity contribution in [3.8, 4) is 22.4 Å². The molecule has 0 aliphatic carbocycles. The van der Waals surface area contributed by atoms with Crippen molar-refractivity contribution in [3.05, 3.63) is 77.9 Å². The van der Waals surface area contributed by atoms with Crippen LogP contribution >= 0.6 is 11.6 Å². The SMILES string of the molecule is Clc1ccc(-c2cccc(-c3ccccc3)c2)nc1. The summed E-state index contributed by atoms with van der Waals surface area (Å²) in [5.41, 5.74) is 4.42. The summed E-state index contributed by atoms with van der Waals surface area (Å²) in [5.74, 6) is 0. The third-order valence-corrected chi connectivity index (χ3v) is 3.22. The predicted octanol–water partition coefficient (Wildman–Crippen LogP) is 5.07. The molecule has 1 nitrogen and oxygen atoms in total. The van der Waals surface area contributed by atoms with Crippen molar-refractivity contribution in [1.82, 2.24) is 4.98 Å². The summed E-state index contributed by atoms with van der Waals surface area (Å²) < 4.78 is 0. The van der Waals surface area contributed by atoms with Gasteiger partial charge in [-0.2, -0.15) is 0 Å². The predicted molar refractivity (Wildman–Crippen MR) is 80.1 cm³/mol. The molecule has 0 unspecified atom stereocenters. The maximum Gasteiger partial charge on any atom is 0.0703 e. The number of hydrogen-bond acceptors (Lipinski definition) is 1. The van der Waals surface area contributed by atoms with Crippen LogP contribution in [0.3, 0.4) is 0 Å². The molecule has 0 aliphatic heterocycles. The van der Waals surface area contributed by atoms with Crippen molar-refractivity contribution < 1.29 is 0 Å². The number of pyridine rings is 1. The van der Waals surface area contributed by atoms with Crippen molar-refractivity contribution >= 4 is 11.6 Å². The molecule has 2 heteroatoms. The quantitative estimate of drug-likeness (QED) is 0.630. The van der Waals surface area contributed by atoms with E-state index in [1.807, 2.05) is 36.4 Å². The Labute approximate surface area is 117 Å². The summed E-state index contributed by atoms with van der Waals surface area (Å²) in [5, 5.41) is 0.656. The molecule has 0 saturated carbocycles. The zero-order valence-corrected chi connectivity index (χ0v) is 11.0. The van der Waals surface area contributed by atoms with E-state index in [4.69, 9.17) is 11.6 Å². The highest BCUT2D eigenvalue weighted by molar-refractivity contribution is 6.30. The van der Waals surface area contributed by atoms with E-state index in [1.165, 1.54) is 11.1 Å². The minimum Gasteiger partial charge on any atom is -0.255 e. The average molecular weight is 266 g/mol. The van der Waals surface area contributed by atoms with Gasteiger partial charge in [0.05, 0.1) is 10.7 Å². The molecular weight excluding hydrogens is 254 g/mol. The number of hydrogen-bond donors (Lipinski definition) is 0. The molecule has 0 spiro atoms. The van der Waals surface area contributed by atoms with Gasteiger partial charge in [-0.05, 0) is 29.3 Å². The summed E-state index contributed by atoms with van der Waals surface area (Å²) in [6.45, 7) is 0. The lowest BCUT2D eigenvalue weighted by molar-refractivity contribution is 1.33. The molecule has 3 rings (SSSR count). The lowest BCUT2D eigenvalue weighted by atomic mass is 10.0. The van der Waals surface area contributed by atoms with E-state index in [0.717, 1.165) is 11.3 Å². The van der Waals surface area contributed by atoms with Gasteiger partial charge in [-0.25, -0.2) is 0 Å². The lowest BCUT2D eigenvalue weighted by Crippen LogP contribution is -1.84. The van der Waals surface area contributed by atoms with Gasteiger partial charge >= 0.3 is 0 Å². The average Bonchev–Trinajstić information content (AvgIpc) is 2.49. The van der Waals surface area contributed by atoms with Crippen LogP contribution in [0.5, 0.6) is 0 Å². The fraction of sp³-hybridized carbons (Fsp3) is 0. The number of halogens is 1. The normalized spacial score (nSPS) is 10.4. The van der Waals surface area contributed by atoms with Crippen LogP contribution < -0.4 is 0 Å². The summed E-state index contributed by atoms with van der Waals surface area (Å²) >= 11 is 5.86. The smallest absolute Gasteiger partial charge is 0.0703 e. The maximum absolute atomic E-state index is 5.86. The molecular formula is C17H12ClN. The van der Waals surface area contributed by atoms with Crippen LogP contribution in [0.15, 0.2) is 72.9 Å². The van der Waals surface area contributed by atoms with Crippen LogP contribution in [0.25, 0.3) is 22.4 Å². The topological polar surface area (TPSA) is 12.9 Å². The van der Waals surface area contributed by atoms with E-state index < -0.39 is 0 Å². The molecule has 2 aromatic carbocycles. The number of rotatable bonds is 2. The standard InChI is InChI=1S/C17H12ClN/c18-16-9-10-17(19-12-16)15-8-4-7-14(11-15)13-5-2-1-3-6-13/h1-12H. The van der Waals surface area contributed by atoms with Crippen molar-refractivity contribution in [1.29, 1.82) is 0 Å². The van der Waals surface area contributed by atoms with Crippen molar-refractivity contribution in [2.45, 2.75) is 0 Å². The van der Waals surface area contributed by atoms with Gasteiger partial charge in [-0.3, -0.25) is 4.98 Å². The van der Waals surface area contributed by atoms with Gasteiger partial charge < -0.3 is 0 Å². The molecule has 3 aromatic rings. The fourth-order valence-electron chi connectivity index (χ4n) is 2.04. The molecule has 0 amide bonds. The van der Waals surface area contributed by atoms with E-state index >= 15 is 0 Å². The maximum atomic E-state index is 5.86. The molecule has 19 heavy (non-hydrogen) atoms. The number of nitrogens with zero attached hydrogens (tertiary/aromatic N) is 1. The summed E-state index contributed by atoms with van der Waals surface area (Å²) in [4.78, 5) is 4.35. The Kier molecular flexibility index (Phi) is 3.30. The third kappa shape index (κ3) is 2.67. The van der Waals surface area contributed by atoms with Crippen molar-refractivity contribution in [2.24, 2.45) is 0 Å². The molecule has 1 aromatic heterocycles. The summed E-state index contributed by atoms with van der Waals surface area (Å²) in [6.07, 6.45) is 1.67. The second-order valence-electron chi connectivity index (χ2n) is 4.31. The molecule has 0 atom stereocenters. The second kappa shape index (κ2) is 5.25. The van der Waals surface area contributed by atoms with Gasteiger partial charge in [0.2, 0.25) is 0 Å². The number of benzene rings is 2. The zero-order chi connectivity index (χ0) is 13.1. The van der Waals surface area contributed by atoms with Crippen molar-refractivity contribution in [2.75, 3.05) is 0 Å². The van der Waals surface area contributed by atoms with E-state index in [2.05, 4.69) is 35.3 Å². The van der Waals surface area contributed by atoms with Gasteiger partial charge in [0.1, 0.15) is 0 Å². The van der Waals surface area contributed by atoms with Crippen LogP contribution in [-0.2, 0) is 0 Å². The van der Waals surface area contributed by atoms with Crippen LogP contribution in [0.2, 0.25) is 5.02 Å². The molecule has 0 bridgehead atoms. The molecule has 0 aliphatic rings. The van der Waals surface area contributed by atoms with Gasteiger partial charge in [-0.15, -0.1) is 0 Å². The van der Waals surface area contributed by atoms with Crippen LogP contribution in [0.1, 0.15) is 0 Å². The first-order valence-corrected chi connectivity index (χ1v) is 6.48. The number of aromatic nitrogens is 1. The van der Waals surface area contributed by atoms with Crippen LogP contribution in [-0.4, -0.2) is 4.98 Å². The van der Waals surface area contributed by atoms with Gasteiger partial charge in [0.15, 0.2) is 0 Å². The van der Waals surface area contributed by atoms with Crippen molar-refractivity contribution in [3.63, 3.8) is 0 Å². The Morgan fingerprint density at radius 2 is 1.42 bits per heavy atom. The van der Waals surface area contributed by atoms with E-state index in [-0.39, 0.29) is 0 Å².